The van der Waals surface area contributed by atoms with Crippen LogP contribution in [0.5, 0.6) is 0 Å². The SMILES string of the molecule is CC1CC2CC(=CC(C)(NCc3cc(CN4CCOCC4)on3)C1)C2. The topological polar surface area (TPSA) is 50.5 Å². The number of ether oxygens (including phenoxy) is 1. The van der Waals surface area contributed by atoms with E-state index in [1.54, 1.807) is 5.57 Å². The minimum absolute atomic E-state index is 0.0729. The van der Waals surface area contributed by atoms with Crippen LogP contribution >= 0.6 is 0 Å². The average Bonchev–Trinajstić information content (AvgIpc) is 2.98. The zero-order valence-electron chi connectivity index (χ0n) is 15.6. The van der Waals surface area contributed by atoms with Crippen LogP contribution in [0, 0.1) is 11.8 Å². The van der Waals surface area contributed by atoms with Crippen LogP contribution < -0.4 is 5.32 Å². The predicted molar refractivity (Wildman–Crippen MR) is 97.0 cm³/mol. The van der Waals surface area contributed by atoms with Crippen LogP contribution in [0.4, 0.5) is 0 Å². The average molecular weight is 345 g/mol. The van der Waals surface area contributed by atoms with E-state index in [0.717, 1.165) is 62.7 Å². The van der Waals surface area contributed by atoms with Crippen molar-refractivity contribution < 1.29 is 9.26 Å². The number of nitrogens with zero attached hydrogens (tertiary/aromatic N) is 2. The highest BCUT2D eigenvalue weighted by molar-refractivity contribution is 5.22. The van der Waals surface area contributed by atoms with E-state index in [0.29, 0.717) is 0 Å². The van der Waals surface area contributed by atoms with Crippen molar-refractivity contribution in [3.63, 3.8) is 0 Å². The third-order valence-corrected chi connectivity index (χ3v) is 5.90. The van der Waals surface area contributed by atoms with Gasteiger partial charge in [0.2, 0.25) is 0 Å². The molecule has 1 saturated heterocycles. The summed E-state index contributed by atoms with van der Waals surface area (Å²) in [7, 11) is 0. The molecule has 0 aromatic carbocycles. The molecule has 4 aliphatic rings. The molecule has 5 nitrogen and oxygen atoms in total. The van der Waals surface area contributed by atoms with E-state index in [2.05, 4.69) is 41.4 Å². The van der Waals surface area contributed by atoms with Crippen LogP contribution in [0.2, 0.25) is 0 Å². The first-order valence-electron chi connectivity index (χ1n) is 9.78. The van der Waals surface area contributed by atoms with Crippen molar-refractivity contribution in [2.24, 2.45) is 11.8 Å². The van der Waals surface area contributed by atoms with Gasteiger partial charge in [0.05, 0.1) is 25.5 Å². The Kier molecular flexibility index (Phi) is 4.98. The van der Waals surface area contributed by atoms with Gasteiger partial charge in [-0.1, -0.05) is 23.7 Å². The van der Waals surface area contributed by atoms with E-state index in [1.165, 1.54) is 25.7 Å². The van der Waals surface area contributed by atoms with E-state index in [1.807, 2.05) is 0 Å². The lowest BCUT2D eigenvalue weighted by molar-refractivity contribution is 0.0305. The molecule has 3 aliphatic carbocycles. The standard InChI is InChI=1S/C20H31N3O2/c1-15-7-16-8-17(9-16)12-20(2,11-15)21-13-18-10-19(25-22-18)14-23-3-5-24-6-4-23/h10,12,15-16,21H,3-9,11,13-14H2,1-2H3. The maximum absolute atomic E-state index is 5.55. The summed E-state index contributed by atoms with van der Waals surface area (Å²) in [4.78, 5) is 2.36. The molecule has 25 heavy (non-hydrogen) atoms. The van der Waals surface area contributed by atoms with Gasteiger partial charge in [0.1, 0.15) is 0 Å². The fourth-order valence-corrected chi connectivity index (χ4v) is 4.76. The van der Waals surface area contributed by atoms with Crippen LogP contribution in [0.1, 0.15) is 51.0 Å². The molecule has 2 heterocycles. The second-order valence-electron chi connectivity index (χ2n) is 8.57. The van der Waals surface area contributed by atoms with Gasteiger partial charge in [-0.15, -0.1) is 0 Å². The Morgan fingerprint density at radius 1 is 1.32 bits per heavy atom. The first-order valence-corrected chi connectivity index (χ1v) is 9.78. The lowest BCUT2D eigenvalue weighted by Gasteiger charge is -2.41. The smallest absolute Gasteiger partial charge is 0.151 e. The number of hydrogen-bond acceptors (Lipinski definition) is 5. The number of allylic oxidation sites excluding steroid dienone is 1. The van der Waals surface area contributed by atoms with Crippen LogP contribution in [0.3, 0.4) is 0 Å². The minimum Gasteiger partial charge on any atom is -0.379 e. The largest absolute Gasteiger partial charge is 0.379 e. The maximum Gasteiger partial charge on any atom is 0.151 e. The highest BCUT2D eigenvalue weighted by Crippen LogP contribution is 2.43. The van der Waals surface area contributed by atoms with Gasteiger partial charge < -0.3 is 14.6 Å². The number of nitrogens with one attached hydrogen (secondary N) is 1. The zero-order chi connectivity index (χ0) is 17.3. The second kappa shape index (κ2) is 7.22. The highest BCUT2D eigenvalue weighted by atomic mass is 16.5. The van der Waals surface area contributed by atoms with Gasteiger partial charge in [-0.3, -0.25) is 4.90 Å². The molecule has 1 aromatic heterocycles. The molecule has 1 saturated carbocycles. The molecular weight excluding hydrogens is 314 g/mol. The zero-order valence-corrected chi connectivity index (χ0v) is 15.6. The third-order valence-electron chi connectivity index (χ3n) is 5.90. The molecule has 138 valence electrons. The number of hydrogen-bond donors (Lipinski definition) is 1. The first-order chi connectivity index (χ1) is 12.1. The van der Waals surface area contributed by atoms with Gasteiger partial charge in [0.25, 0.3) is 0 Å². The predicted octanol–water partition coefficient (Wildman–Crippen LogP) is 3.12. The lowest BCUT2D eigenvalue weighted by Crippen LogP contribution is -2.44. The normalized spacial score (nSPS) is 33.3. The number of morpholine rings is 1. The molecule has 0 radical (unpaired) electrons. The van der Waals surface area contributed by atoms with Gasteiger partial charge in [-0.25, -0.2) is 0 Å². The van der Waals surface area contributed by atoms with Crippen LogP contribution in [0.15, 0.2) is 22.2 Å². The fourth-order valence-electron chi connectivity index (χ4n) is 4.76. The third kappa shape index (κ3) is 4.33. The Balaban J connectivity index is 1.34. The Labute approximate surface area is 150 Å². The van der Waals surface area contributed by atoms with Crippen LogP contribution in [0.25, 0.3) is 0 Å². The molecule has 2 bridgehead atoms. The summed E-state index contributed by atoms with van der Waals surface area (Å²) in [6.45, 7) is 9.90. The Morgan fingerprint density at radius 2 is 2.12 bits per heavy atom. The summed E-state index contributed by atoms with van der Waals surface area (Å²) in [5.74, 6) is 2.67. The second-order valence-corrected chi connectivity index (χ2v) is 8.57. The van der Waals surface area contributed by atoms with Gasteiger partial charge in [0, 0.05) is 31.2 Å². The number of aromatic nitrogens is 1. The van der Waals surface area contributed by atoms with Crippen molar-refractivity contribution in [3.8, 4) is 0 Å². The number of fused-ring (bicyclic) bond motifs is 4. The highest BCUT2D eigenvalue weighted by Gasteiger charge is 2.34. The minimum atomic E-state index is 0.0729. The molecule has 2 unspecified atom stereocenters. The summed E-state index contributed by atoms with van der Waals surface area (Å²) >= 11 is 0. The van der Waals surface area contributed by atoms with E-state index in [4.69, 9.17) is 9.26 Å². The van der Waals surface area contributed by atoms with Crippen molar-refractivity contribution in [1.82, 2.24) is 15.4 Å². The van der Waals surface area contributed by atoms with Crippen LogP contribution in [-0.4, -0.2) is 41.9 Å². The molecule has 2 fully saturated rings. The molecule has 1 N–H and O–H groups in total. The number of rotatable bonds is 5. The van der Waals surface area contributed by atoms with E-state index >= 15 is 0 Å². The van der Waals surface area contributed by atoms with Crippen molar-refractivity contribution in [2.45, 2.75) is 58.2 Å². The Morgan fingerprint density at radius 3 is 2.92 bits per heavy atom. The van der Waals surface area contributed by atoms with E-state index in [9.17, 15) is 0 Å². The molecule has 5 heteroatoms. The molecule has 1 aliphatic heterocycles. The molecule has 0 amide bonds. The summed E-state index contributed by atoms with van der Waals surface area (Å²) in [6.07, 6.45) is 7.70. The molecular formula is C20H31N3O2. The quantitative estimate of drug-likeness (QED) is 0.831. The van der Waals surface area contributed by atoms with E-state index in [-0.39, 0.29) is 5.54 Å². The molecule has 5 rings (SSSR count). The molecule has 1 aromatic rings. The summed E-state index contributed by atoms with van der Waals surface area (Å²) in [5, 5.41) is 8.02. The first kappa shape index (κ1) is 17.3. The van der Waals surface area contributed by atoms with Crippen molar-refractivity contribution in [1.29, 1.82) is 0 Å². The van der Waals surface area contributed by atoms with Gasteiger partial charge >= 0.3 is 0 Å². The van der Waals surface area contributed by atoms with Gasteiger partial charge in [-0.2, -0.15) is 0 Å². The summed E-state index contributed by atoms with van der Waals surface area (Å²) < 4.78 is 10.9. The maximum atomic E-state index is 5.55. The van der Waals surface area contributed by atoms with Crippen molar-refractivity contribution in [3.05, 3.63) is 29.2 Å². The lowest BCUT2D eigenvalue weighted by atomic mass is 9.68. The van der Waals surface area contributed by atoms with Crippen molar-refractivity contribution in [2.75, 3.05) is 26.3 Å². The Hall–Kier alpha value is -1.17. The van der Waals surface area contributed by atoms with Gasteiger partial charge in [-0.05, 0) is 44.4 Å². The monoisotopic (exact) mass is 345 g/mol. The van der Waals surface area contributed by atoms with Gasteiger partial charge in [0.15, 0.2) is 5.76 Å². The summed E-state index contributed by atoms with van der Waals surface area (Å²) in [5.41, 5.74) is 2.72. The Bertz CT molecular complexity index is 612. The molecule has 2 atom stereocenters. The van der Waals surface area contributed by atoms with E-state index < -0.39 is 0 Å². The fraction of sp³-hybridized carbons (Fsp3) is 0.750. The van der Waals surface area contributed by atoms with Crippen LogP contribution in [-0.2, 0) is 17.8 Å². The van der Waals surface area contributed by atoms with Crippen molar-refractivity contribution >= 4 is 0 Å². The summed E-state index contributed by atoms with van der Waals surface area (Å²) in [6, 6.07) is 2.10. The molecule has 0 spiro atoms.